The standard InChI is InChI=1S/C20H20N2O4S2/c23-20(19-11-14-5-1-2-9-18(14)27-19)22-15-6-3-8-17(12-15)28(24,25)21-13-16-7-4-10-26-16/h3-4,6-8,10-12,21H,1-2,5,9,13H2,(H,22,23). The van der Waals surface area contributed by atoms with Crippen molar-refractivity contribution < 1.29 is 17.6 Å². The summed E-state index contributed by atoms with van der Waals surface area (Å²) < 4.78 is 32.6. The SMILES string of the molecule is O=C(Nc1cccc(S(=O)(=O)NCc2ccco2)c1)c1cc2c(s1)CCCC2. The molecule has 1 aliphatic carbocycles. The first-order valence-electron chi connectivity index (χ1n) is 9.06. The number of fused-ring (bicyclic) bond motifs is 1. The first kappa shape index (κ1) is 18.9. The van der Waals surface area contributed by atoms with Gasteiger partial charge in [-0.2, -0.15) is 0 Å². The van der Waals surface area contributed by atoms with Crippen LogP contribution in [-0.2, 0) is 29.4 Å². The predicted molar refractivity (Wildman–Crippen MR) is 108 cm³/mol. The highest BCUT2D eigenvalue weighted by Crippen LogP contribution is 2.30. The molecule has 2 N–H and O–H groups in total. The molecule has 0 radical (unpaired) electrons. The van der Waals surface area contributed by atoms with Gasteiger partial charge in [0, 0.05) is 10.6 Å². The van der Waals surface area contributed by atoms with E-state index in [4.69, 9.17) is 4.42 Å². The molecule has 0 unspecified atom stereocenters. The maximum atomic E-state index is 12.6. The Morgan fingerprint density at radius 2 is 1.96 bits per heavy atom. The molecule has 1 aromatic carbocycles. The smallest absolute Gasteiger partial charge is 0.265 e. The number of amides is 1. The van der Waals surface area contributed by atoms with Crippen molar-refractivity contribution >= 4 is 33.0 Å². The zero-order valence-electron chi connectivity index (χ0n) is 15.1. The lowest BCUT2D eigenvalue weighted by Crippen LogP contribution is -2.23. The average molecular weight is 417 g/mol. The number of carbonyl (C=O) groups excluding carboxylic acids is 1. The van der Waals surface area contributed by atoms with Gasteiger partial charge in [0.25, 0.3) is 5.91 Å². The zero-order chi connectivity index (χ0) is 19.6. The minimum Gasteiger partial charge on any atom is -0.468 e. The minimum atomic E-state index is -3.72. The molecule has 0 bridgehead atoms. The van der Waals surface area contributed by atoms with E-state index in [0.717, 1.165) is 19.3 Å². The average Bonchev–Trinajstić information content (AvgIpc) is 3.36. The van der Waals surface area contributed by atoms with Gasteiger partial charge in [0.05, 0.1) is 22.6 Å². The Morgan fingerprint density at radius 3 is 2.75 bits per heavy atom. The van der Waals surface area contributed by atoms with Gasteiger partial charge in [0.1, 0.15) is 5.76 Å². The Bertz CT molecular complexity index is 1060. The van der Waals surface area contributed by atoms with Crippen molar-refractivity contribution in [3.05, 3.63) is 69.8 Å². The van der Waals surface area contributed by atoms with Crippen molar-refractivity contribution in [2.75, 3.05) is 5.32 Å². The first-order valence-corrected chi connectivity index (χ1v) is 11.4. The Labute approximate surface area is 167 Å². The van der Waals surface area contributed by atoms with Gasteiger partial charge in [-0.3, -0.25) is 4.79 Å². The number of thiophene rings is 1. The lowest BCUT2D eigenvalue weighted by atomic mass is 9.99. The summed E-state index contributed by atoms with van der Waals surface area (Å²) in [5, 5.41) is 2.81. The van der Waals surface area contributed by atoms with Crippen molar-refractivity contribution in [1.82, 2.24) is 4.72 Å². The molecule has 0 aliphatic heterocycles. The van der Waals surface area contributed by atoms with Crippen LogP contribution < -0.4 is 10.0 Å². The van der Waals surface area contributed by atoms with Gasteiger partial charge in [-0.15, -0.1) is 11.3 Å². The molecular weight excluding hydrogens is 396 g/mol. The Kier molecular flexibility index (Phi) is 5.34. The number of benzene rings is 1. The summed E-state index contributed by atoms with van der Waals surface area (Å²) in [6, 6.07) is 11.6. The molecule has 6 nitrogen and oxygen atoms in total. The Balaban J connectivity index is 1.47. The molecule has 2 aromatic heterocycles. The van der Waals surface area contributed by atoms with Crippen molar-refractivity contribution in [3.63, 3.8) is 0 Å². The number of carbonyl (C=O) groups is 1. The molecular formula is C20H20N2O4S2. The summed E-state index contributed by atoms with van der Waals surface area (Å²) in [6.07, 6.45) is 5.87. The first-order chi connectivity index (χ1) is 13.5. The highest BCUT2D eigenvalue weighted by molar-refractivity contribution is 7.89. The van der Waals surface area contributed by atoms with Crippen LogP contribution in [-0.4, -0.2) is 14.3 Å². The molecule has 0 saturated heterocycles. The van der Waals surface area contributed by atoms with Gasteiger partial charge < -0.3 is 9.73 Å². The number of rotatable bonds is 6. The van der Waals surface area contributed by atoms with E-state index in [-0.39, 0.29) is 17.3 Å². The monoisotopic (exact) mass is 416 g/mol. The highest BCUT2D eigenvalue weighted by Gasteiger charge is 2.19. The van der Waals surface area contributed by atoms with Crippen molar-refractivity contribution in [1.29, 1.82) is 0 Å². The van der Waals surface area contributed by atoms with Crippen LogP contribution in [0.1, 0.15) is 38.7 Å². The summed E-state index contributed by atoms with van der Waals surface area (Å²) >= 11 is 1.53. The van der Waals surface area contributed by atoms with Crippen LogP contribution in [0.4, 0.5) is 5.69 Å². The van der Waals surface area contributed by atoms with Gasteiger partial charge in [-0.1, -0.05) is 6.07 Å². The largest absolute Gasteiger partial charge is 0.468 e. The molecule has 3 aromatic rings. The molecule has 0 fully saturated rings. The second-order valence-electron chi connectivity index (χ2n) is 6.65. The number of anilines is 1. The fourth-order valence-electron chi connectivity index (χ4n) is 3.20. The normalized spacial score (nSPS) is 13.9. The highest BCUT2D eigenvalue weighted by atomic mass is 32.2. The third kappa shape index (κ3) is 4.19. The number of sulfonamides is 1. The lowest BCUT2D eigenvalue weighted by Gasteiger charge is -2.08. The van der Waals surface area contributed by atoms with Crippen LogP contribution in [0.25, 0.3) is 0 Å². The van der Waals surface area contributed by atoms with E-state index in [0.29, 0.717) is 16.3 Å². The van der Waals surface area contributed by atoms with Crippen LogP contribution >= 0.6 is 11.3 Å². The molecule has 8 heteroatoms. The molecule has 146 valence electrons. The van der Waals surface area contributed by atoms with E-state index in [9.17, 15) is 13.2 Å². The predicted octanol–water partition coefficient (Wildman–Crippen LogP) is 3.95. The van der Waals surface area contributed by atoms with E-state index in [1.807, 2.05) is 6.07 Å². The number of hydrogen-bond donors (Lipinski definition) is 2. The maximum Gasteiger partial charge on any atom is 0.265 e. The topological polar surface area (TPSA) is 88.4 Å². The quantitative estimate of drug-likeness (QED) is 0.637. The van der Waals surface area contributed by atoms with Gasteiger partial charge in [-0.05, 0) is 67.6 Å². The number of aryl methyl sites for hydroxylation is 2. The van der Waals surface area contributed by atoms with Crippen LogP contribution in [0.2, 0.25) is 0 Å². The van der Waals surface area contributed by atoms with Crippen LogP contribution in [0.5, 0.6) is 0 Å². The van der Waals surface area contributed by atoms with Crippen LogP contribution in [0.15, 0.2) is 58.0 Å². The Hall–Kier alpha value is -2.42. The maximum absolute atomic E-state index is 12.6. The van der Waals surface area contributed by atoms with Gasteiger partial charge in [0.2, 0.25) is 10.0 Å². The zero-order valence-corrected chi connectivity index (χ0v) is 16.7. The van der Waals surface area contributed by atoms with Gasteiger partial charge in [-0.25, -0.2) is 13.1 Å². The molecule has 4 rings (SSSR count). The van der Waals surface area contributed by atoms with E-state index in [1.54, 1.807) is 24.3 Å². The third-order valence-corrected chi connectivity index (χ3v) is 7.27. The van der Waals surface area contributed by atoms with Crippen molar-refractivity contribution in [2.45, 2.75) is 37.1 Å². The van der Waals surface area contributed by atoms with Crippen molar-refractivity contribution in [2.24, 2.45) is 0 Å². The number of furan rings is 1. The fourth-order valence-corrected chi connectivity index (χ4v) is 5.39. The molecule has 0 spiro atoms. The van der Waals surface area contributed by atoms with Crippen molar-refractivity contribution in [3.8, 4) is 0 Å². The number of hydrogen-bond acceptors (Lipinski definition) is 5. The molecule has 0 atom stereocenters. The summed E-state index contributed by atoms with van der Waals surface area (Å²) in [5.41, 5.74) is 1.71. The lowest BCUT2D eigenvalue weighted by molar-refractivity contribution is 0.103. The molecule has 1 amide bonds. The summed E-state index contributed by atoms with van der Waals surface area (Å²) in [5.74, 6) is 0.312. The van der Waals surface area contributed by atoms with Gasteiger partial charge in [0.15, 0.2) is 0 Å². The van der Waals surface area contributed by atoms with Crippen LogP contribution in [0.3, 0.4) is 0 Å². The molecule has 0 saturated carbocycles. The fraction of sp³-hybridized carbons (Fsp3) is 0.250. The molecule has 2 heterocycles. The summed E-state index contributed by atoms with van der Waals surface area (Å²) in [6.45, 7) is 0.0622. The summed E-state index contributed by atoms with van der Waals surface area (Å²) in [4.78, 5) is 14.6. The van der Waals surface area contributed by atoms with E-state index >= 15 is 0 Å². The van der Waals surface area contributed by atoms with E-state index < -0.39 is 10.0 Å². The molecule has 1 aliphatic rings. The van der Waals surface area contributed by atoms with E-state index in [1.165, 1.54) is 46.6 Å². The summed E-state index contributed by atoms with van der Waals surface area (Å²) in [7, 11) is -3.72. The third-order valence-electron chi connectivity index (χ3n) is 4.64. The van der Waals surface area contributed by atoms with E-state index in [2.05, 4.69) is 10.0 Å². The molecule has 28 heavy (non-hydrogen) atoms. The van der Waals surface area contributed by atoms with Gasteiger partial charge >= 0.3 is 0 Å². The second kappa shape index (κ2) is 7.90. The Morgan fingerprint density at radius 1 is 1.11 bits per heavy atom. The number of nitrogens with one attached hydrogen (secondary N) is 2. The van der Waals surface area contributed by atoms with Crippen LogP contribution in [0, 0.1) is 0 Å². The second-order valence-corrected chi connectivity index (χ2v) is 9.56. The minimum absolute atomic E-state index is 0.0622.